The molecule has 1 heterocycles. The number of aliphatic hydroxyl groups excluding tert-OH is 2. The van der Waals surface area contributed by atoms with Crippen molar-refractivity contribution in [3.8, 4) is 0 Å². The number of aliphatic hydroxyl groups is 2. The first kappa shape index (κ1) is 13.1. The molecule has 8 heteroatoms. The van der Waals surface area contributed by atoms with E-state index in [0.29, 0.717) is 13.1 Å². The fourth-order valence-electron chi connectivity index (χ4n) is 0.651. The Balaban J connectivity index is 0.000000241. The summed E-state index contributed by atoms with van der Waals surface area (Å²) in [4.78, 5) is 8.90. The number of nitrogens with one attached hydrogen (secondary N) is 1. The third kappa shape index (κ3) is 5.00. The predicted octanol–water partition coefficient (Wildman–Crippen LogP) is -1.06. The summed E-state index contributed by atoms with van der Waals surface area (Å²) in [6.45, 7) is 1.06. The Morgan fingerprint density at radius 2 is 1.50 bits per heavy atom. The van der Waals surface area contributed by atoms with Crippen molar-refractivity contribution in [2.24, 2.45) is 0 Å². The van der Waals surface area contributed by atoms with Crippen molar-refractivity contribution in [3.05, 3.63) is 0 Å². The number of hydrogen-bond acceptors (Lipinski definition) is 4. The van der Waals surface area contributed by atoms with Crippen LogP contribution in [0.15, 0.2) is 0 Å². The lowest BCUT2D eigenvalue weighted by Crippen LogP contribution is -2.22. The Kier molecular flexibility index (Phi) is 4.81. The Morgan fingerprint density at radius 3 is 1.57 bits per heavy atom. The smallest absolute Gasteiger partial charge is 0.475 e. The van der Waals surface area contributed by atoms with Crippen molar-refractivity contribution >= 4 is 5.97 Å². The van der Waals surface area contributed by atoms with Crippen molar-refractivity contribution in [1.82, 2.24) is 5.32 Å². The summed E-state index contributed by atoms with van der Waals surface area (Å²) in [5.74, 6) is -2.76. The molecule has 0 radical (unpaired) electrons. The minimum atomic E-state index is -5.08. The van der Waals surface area contributed by atoms with E-state index in [1.54, 1.807) is 0 Å². The molecule has 0 amide bonds. The Bertz CT molecular complexity index is 188. The normalized spacial score (nSPS) is 26.6. The van der Waals surface area contributed by atoms with E-state index in [2.05, 4.69) is 5.32 Å². The summed E-state index contributed by atoms with van der Waals surface area (Å²) in [5.41, 5.74) is 0. The van der Waals surface area contributed by atoms with E-state index in [1.165, 1.54) is 0 Å². The second-order valence-corrected chi connectivity index (χ2v) is 2.60. The van der Waals surface area contributed by atoms with Crippen LogP contribution in [0.25, 0.3) is 0 Å². The lowest BCUT2D eigenvalue weighted by Gasteiger charge is -2.01. The second-order valence-electron chi connectivity index (χ2n) is 2.60. The number of carboxylic acids is 1. The van der Waals surface area contributed by atoms with E-state index in [4.69, 9.17) is 20.1 Å². The van der Waals surface area contributed by atoms with E-state index >= 15 is 0 Å². The van der Waals surface area contributed by atoms with Gasteiger partial charge < -0.3 is 20.6 Å². The van der Waals surface area contributed by atoms with Gasteiger partial charge in [-0.25, -0.2) is 4.79 Å². The van der Waals surface area contributed by atoms with Gasteiger partial charge in [0.25, 0.3) is 0 Å². The lowest BCUT2D eigenvalue weighted by atomic mass is 10.3. The van der Waals surface area contributed by atoms with E-state index in [-0.39, 0.29) is 0 Å². The molecule has 0 saturated carbocycles. The number of alkyl halides is 3. The van der Waals surface area contributed by atoms with Crippen LogP contribution in [0.4, 0.5) is 13.2 Å². The minimum absolute atomic E-state index is 0.529. The maximum atomic E-state index is 10.6. The zero-order valence-electron chi connectivity index (χ0n) is 6.95. The SMILES string of the molecule is O=C(O)C(F)(F)F.O[C@@H]1CNC[C@H]1O. The van der Waals surface area contributed by atoms with Crippen molar-refractivity contribution < 1.29 is 33.3 Å². The molecule has 0 aromatic carbocycles. The summed E-state index contributed by atoms with van der Waals surface area (Å²) in [6, 6.07) is 0. The Hall–Kier alpha value is -0.860. The highest BCUT2D eigenvalue weighted by molar-refractivity contribution is 5.73. The molecule has 1 aliphatic rings. The van der Waals surface area contributed by atoms with E-state index < -0.39 is 24.4 Å². The fourth-order valence-corrected chi connectivity index (χ4v) is 0.651. The Labute approximate surface area is 77.2 Å². The van der Waals surface area contributed by atoms with Crippen LogP contribution < -0.4 is 5.32 Å². The number of carbonyl (C=O) groups is 1. The summed E-state index contributed by atoms with van der Waals surface area (Å²) in [6.07, 6.45) is -6.17. The largest absolute Gasteiger partial charge is 0.490 e. The van der Waals surface area contributed by atoms with Crippen LogP contribution in [-0.4, -0.2) is 52.8 Å². The Morgan fingerprint density at radius 1 is 1.21 bits per heavy atom. The molecular formula is C6H10F3NO4. The average molecular weight is 217 g/mol. The summed E-state index contributed by atoms with van der Waals surface area (Å²) in [7, 11) is 0. The molecule has 5 nitrogen and oxygen atoms in total. The standard InChI is InChI=1S/C4H9NO2.C2HF3O2/c6-3-1-5-2-4(3)7;3-2(4,5)1(6)7/h3-7H,1-2H2;(H,6,7)/t3-,4-;/m1./s1. The first-order valence-electron chi connectivity index (χ1n) is 3.62. The zero-order chi connectivity index (χ0) is 11.4. The van der Waals surface area contributed by atoms with Gasteiger partial charge in [0, 0.05) is 13.1 Å². The summed E-state index contributed by atoms with van der Waals surface area (Å²) >= 11 is 0. The van der Waals surface area contributed by atoms with Crippen LogP contribution in [0.2, 0.25) is 0 Å². The van der Waals surface area contributed by atoms with E-state index in [0.717, 1.165) is 0 Å². The molecule has 0 unspecified atom stereocenters. The van der Waals surface area contributed by atoms with Crippen molar-refractivity contribution in [1.29, 1.82) is 0 Å². The van der Waals surface area contributed by atoms with Gasteiger partial charge in [0.15, 0.2) is 0 Å². The van der Waals surface area contributed by atoms with Gasteiger partial charge in [0.2, 0.25) is 0 Å². The van der Waals surface area contributed by atoms with Crippen molar-refractivity contribution in [2.45, 2.75) is 18.4 Å². The van der Waals surface area contributed by atoms with Gasteiger partial charge in [0.1, 0.15) is 0 Å². The maximum Gasteiger partial charge on any atom is 0.490 e. The molecule has 0 aromatic rings. The fraction of sp³-hybridized carbons (Fsp3) is 0.833. The number of rotatable bonds is 0. The van der Waals surface area contributed by atoms with Crippen LogP contribution in [0.3, 0.4) is 0 Å². The van der Waals surface area contributed by atoms with Gasteiger partial charge in [-0.2, -0.15) is 13.2 Å². The molecule has 0 aliphatic carbocycles. The molecule has 0 aromatic heterocycles. The summed E-state index contributed by atoms with van der Waals surface area (Å²) in [5, 5.41) is 27.3. The number of β-amino-alcohol motifs (C(OH)–C–C–N with tert-alkyl or cyclic N) is 2. The molecule has 1 saturated heterocycles. The molecule has 0 bridgehead atoms. The number of aliphatic carboxylic acids is 1. The lowest BCUT2D eigenvalue weighted by molar-refractivity contribution is -0.192. The third-order valence-corrected chi connectivity index (χ3v) is 1.39. The monoisotopic (exact) mass is 217 g/mol. The predicted molar refractivity (Wildman–Crippen MR) is 38.6 cm³/mol. The highest BCUT2D eigenvalue weighted by Crippen LogP contribution is 2.13. The highest BCUT2D eigenvalue weighted by Gasteiger charge is 2.38. The van der Waals surface area contributed by atoms with Crippen molar-refractivity contribution in [3.63, 3.8) is 0 Å². The molecule has 4 N–H and O–H groups in total. The highest BCUT2D eigenvalue weighted by atomic mass is 19.4. The van der Waals surface area contributed by atoms with Crippen LogP contribution in [-0.2, 0) is 4.79 Å². The first-order chi connectivity index (χ1) is 6.25. The van der Waals surface area contributed by atoms with E-state index in [1.807, 2.05) is 0 Å². The van der Waals surface area contributed by atoms with Gasteiger partial charge in [-0.1, -0.05) is 0 Å². The molecule has 1 fully saturated rings. The van der Waals surface area contributed by atoms with Crippen LogP contribution in [0.5, 0.6) is 0 Å². The summed E-state index contributed by atoms with van der Waals surface area (Å²) < 4.78 is 31.7. The van der Waals surface area contributed by atoms with Gasteiger partial charge in [0.05, 0.1) is 12.2 Å². The average Bonchev–Trinajstić information content (AvgIpc) is 2.35. The topological polar surface area (TPSA) is 89.8 Å². The first-order valence-corrected chi connectivity index (χ1v) is 3.62. The van der Waals surface area contributed by atoms with Crippen molar-refractivity contribution in [2.75, 3.05) is 13.1 Å². The molecule has 0 spiro atoms. The van der Waals surface area contributed by atoms with Crippen LogP contribution in [0, 0.1) is 0 Å². The molecule has 84 valence electrons. The molecule has 1 rings (SSSR count). The van der Waals surface area contributed by atoms with Gasteiger partial charge >= 0.3 is 12.1 Å². The third-order valence-electron chi connectivity index (χ3n) is 1.39. The van der Waals surface area contributed by atoms with Gasteiger partial charge in [-0.05, 0) is 0 Å². The second kappa shape index (κ2) is 5.13. The minimum Gasteiger partial charge on any atom is -0.475 e. The quantitative estimate of drug-likeness (QED) is 0.415. The van der Waals surface area contributed by atoms with Crippen LogP contribution >= 0.6 is 0 Å². The molecule has 14 heavy (non-hydrogen) atoms. The molecular weight excluding hydrogens is 207 g/mol. The van der Waals surface area contributed by atoms with Crippen LogP contribution in [0.1, 0.15) is 0 Å². The maximum absolute atomic E-state index is 10.6. The molecule has 2 atom stereocenters. The molecule has 1 aliphatic heterocycles. The van der Waals surface area contributed by atoms with Gasteiger partial charge in [-0.15, -0.1) is 0 Å². The van der Waals surface area contributed by atoms with E-state index in [9.17, 15) is 13.2 Å². The number of hydrogen-bond donors (Lipinski definition) is 4. The number of carboxylic acid groups (broad SMARTS) is 1. The zero-order valence-corrected chi connectivity index (χ0v) is 6.95. The number of halogens is 3. The van der Waals surface area contributed by atoms with Gasteiger partial charge in [-0.3, -0.25) is 0 Å².